The van der Waals surface area contributed by atoms with Crippen molar-refractivity contribution < 1.29 is 14.6 Å². The minimum absolute atomic E-state index is 0.0995. The predicted octanol–water partition coefficient (Wildman–Crippen LogP) is 3.64. The third-order valence-corrected chi connectivity index (χ3v) is 3.86. The van der Waals surface area contributed by atoms with E-state index in [0.717, 1.165) is 0 Å². The van der Waals surface area contributed by atoms with Gasteiger partial charge in [0.05, 0.1) is 30.0 Å². The van der Waals surface area contributed by atoms with Crippen molar-refractivity contribution in [2.45, 2.75) is 79.1 Å². The molecule has 0 fully saturated rings. The van der Waals surface area contributed by atoms with Gasteiger partial charge in [0, 0.05) is 11.8 Å². The molecule has 3 heteroatoms. The van der Waals surface area contributed by atoms with Crippen LogP contribution in [0.4, 0.5) is 0 Å². The zero-order valence-corrected chi connectivity index (χ0v) is 14.3. The van der Waals surface area contributed by atoms with Crippen LogP contribution in [0.5, 0.6) is 0 Å². The third kappa shape index (κ3) is 7.91. The van der Waals surface area contributed by atoms with Crippen molar-refractivity contribution in [3.8, 4) is 0 Å². The molecule has 0 aromatic heterocycles. The Balaban J connectivity index is 4.30. The monoisotopic (exact) mass is 274 g/mol. The summed E-state index contributed by atoms with van der Waals surface area (Å²) in [6, 6.07) is 0. The molecule has 2 atom stereocenters. The number of hydrogen-bond acceptors (Lipinski definition) is 3. The second kappa shape index (κ2) is 6.55. The lowest BCUT2D eigenvalue weighted by molar-refractivity contribution is -0.124. The van der Waals surface area contributed by atoms with Crippen LogP contribution >= 0.6 is 0 Å². The van der Waals surface area contributed by atoms with Gasteiger partial charge < -0.3 is 14.6 Å². The van der Waals surface area contributed by atoms with Crippen LogP contribution in [-0.2, 0) is 9.47 Å². The lowest BCUT2D eigenvalue weighted by Crippen LogP contribution is -2.41. The number of ether oxygens (including phenoxy) is 2. The van der Waals surface area contributed by atoms with Gasteiger partial charge in [-0.3, -0.25) is 0 Å². The van der Waals surface area contributed by atoms with Crippen molar-refractivity contribution in [3.63, 3.8) is 0 Å². The van der Waals surface area contributed by atoms with Gasteiger partial charge >= 0.3 is 0 Å². The smallest absolute Gasteiger partial charge is 0.0674 e. The van der Waals surface area contributed by atoms with Crippen LogP contribution in [0.3, 0.4) is 0 Å². The topological polar surface area (TPSA) is 38.7 Å². The molecule has 0 saturated carbocycles. The molecule has 2 unspecified atom stereocenters. The van der Waals surface area contributed by atoms with Crippen LogP contribution in [0.25, 0.3) is 0 Å². The molecule has 1 N–H and O–H groups in total. The molecule has 0 amide bonds. The molecule has 0 aromatic rings. The fourth-order valence-corrected chi connectivity index (χ4v) is 1.26. The van der Waals surface area contributed by atoms with E-state index in [-0.39, 0.29) is 17.1 Å². The second-order valence-corrected chi connectivity index (χ2v) is 7.79. The van der Waals surface area contributed by atoms with Crippen LogP contribution in [0.15, 0.2) is 0 Å². The number of aliphatic hydroxyl groups is 1. The Morgan fingerprint density at radius 3 is 1.58 bits per heavy atom. The number of hydrogen-bond donors (Lipinski definition) is 1. The van der Waals surface area contributed by atoms with Gasteiger partial charge in [0.25, 0.3) is 0 Å². The van der Waals surface area contributed by atoms with Crippen molar-refractivity contribution in [1.29, 1.82) is 0 Å². The van der Waals surface area contributed by atoms with Crippen LogP contribution in [-0.4, -0.2) is 35.1 Å². The summed E-state index contributed by atoms with van der Waals surface area (Å²) in [7, 11) is 0. The van der Waals surface area contributed by atoms with Crippen molar-refractivity contribution in [3.05, 3.63) is 0 Å². The summed E-state index contributed by atoms with van der Waals surface area (Å²) in [5, 5.41) is 9.93. The summed E-state index contributed by atoms with van der Waals surface area (Å²) in [6.45, 7) is 19.4. The van der Waals surface area contributed by atoms with Gasteiger partial charge in [0.15, 0.2) is 0 Å². The highest BCUT2D eigenvalue weighted by Crippen LogP contribution is 2.26. The molecule has 0 rings (SSSR count). The van der Waals surface area contributed by atoms with E-state index in [1.807, 2.05) is 20.8 Å². The van der Waals surface area contributed by atoms with E-state index < -0.39 is 5.60 Å². The minimum atomic E-state index is -0.707. The molecule has 0 aliphatic heterocycles. The highest BCUT2D eigenvalue weighted by Gasteiger charge is 2.31. The van der Waals surface area contributed by atoms with Gasteiger partial charge in [-0.05, 0) is 48.5 Å². The van der Waals surface area contributed by atoms with Gasteiger partial charge in [-0.15, -0.1) is 0 Å². The van der Waals surface area contributed by atoms with E-state index >= 15 is 0 Å². The maximum Gasteiger partial charge on any atom is 0.0674 e. The molecular weight excluding hydrogens is 240 g/mol. The summed E-state index contributed by atoms with van der Waals surface area (Å²) in [5.41, 5.74) is -1.09. The van der Waals surface area contributed by atoms with E-state index in [9.17, 15) is 5.11 Å². The van der Waals surface area contributed by atoms with Gasteiger partial charge in [0.1, 0.15) is 0 Å². The number of rotatable bonds is 7. The normalized spacial score (nSPS) is 17.4. The minimum Gasteiger partial charge on any atom is -0.390 e. The molecule has 0 heterocycles. The fraction of sp³-hybridized carbons (Fsp3) is 1.00. The Kier molecular flexibility index (Phi) is 6.51. The Morgan fingerprint density at radius 2 is 1.21 bits per heavy atom. The first-order valence-electron chi connectivity index (χ1n) is 7.26. The van der Waals surface area contributed by atoms with E-state index in [2.05, 4.69) is 41.5 Å². The molecule has 3 nitrogen and oxygen atoms in total. The second-order valence-electron chi connectivity index (χ2n) is 7.79. The highest BCUT2D eigenvalue weighted by atomic mass is 16.5. The summed E-state index contributed by atoms with van der Waals surface area (Å²) in [4.78, 5) is 0. The first-order valence-corrected chi connectivity index (χ1v) is 7.26. The Labute approximate surface area is 119 Å². The molecule has 0 aliphatic carbocycles. The van der Waals surface area contributed by atoms with Crippen molar-refractivity contribution in [2.75, 3.05) is 13.2 Å². The van der Waals surface area contributed by atoms with Gasteiger partial charge in [-0.1, -0.05) is 13.8 Å². The molecule has 19 heavy (non-hydrogen) atoms. The van der Waals surface area contributed by atoms with Crippen molar-refractivity contribution in [2.24, 2.45) is 11.8 Å². The third-order valence-electron chi connectivity index (χ3n) is 3.86. The zero-order chi connectivity index (χ0) is 15.5. The van der Waals surface area contributed by atoms with Crippen LogP contribution in [0, 0.1) is 11.8 Å². The van der Waals surface area contributed by atoms with E-state index in [1.165, 1.54) is 0 Å². The Morgan fingerprint density at radius 1 is 0.789 bits per heavy atom. The SMILES string of the molecule is CC(COC(C)(C)C(C)COC(C)(C)C)C(C)(C)O. The van der Waals surface area contributed by atoms with Crippen molar-refractivity contribution >= 4 is 0 Å². The molecule has 0 aromatic carbocycles. The van der Waals surface area contributed by atoms with Crippen LogP contribution < -0.4 is 0 Å². The standard InChI is InChI=1S/C16H34O3/c1-12(15(6,7)17)10-19-16(8,9)13(2)11-18-14(3,4)5/h12-13,17H,10-11H2,1-9H3. The predicted molar refractivity (Wildman–Crippen MR) is 80.4 cm³/mol. The summed E-state index contributed by atoms with van der Waals surface area (Å²) in [6.07, 6.45) is 0. The quantitative estimate of drug-likeness (QED) is 0.770. The van der Waals surface area contributed by atoms with Crippen LogP contribution in [0.1, 0.15) is 62.3 Å². The fourth-order valence-electron chi connectivity index (χ4n) is 1.26. The molecule has 0 aliphatic rings. The molecule has 0 spiro atoms. The zero-order valence-electron chi connectivity index (χ0n) is 14.3. The average Bonchev–Trinajstić information content (AvgIpc) is 2.19. The Bertz CT molecular complexity index is 258. The first-order chi connectivity index (χ1) is 8.26. The van der Waals surface area contributed by atoms with Gasteiger partial charge in [-0.25, -0.2) is 0 Å². The van der Waals surface area contributed by atoms with Gasteiger partial charge in [0.2, 0.25) is 0 Å². The van der Waals surface area contributed by atoms with E-state index in [4.69, 9.17) is 9.47 Å². The average molecular weight is 274 g/mol. The summed E-state index contributed by atoms with van der Waals surface area (Å²) < 4.78 is 11.8. The molecule has 0 bridgehead atoms. The molecular formula is C16H34O3. The molecule has 116 valence electrons. The first kappa shape index (κ1) is 18.9. The van der Waals surface area contributed by atoms with Gasteiger partial charge in [-0.2, -0.15) is 0 Å². The summed E-state index contributed by atoms with van der Waals surface area (Å²) in [5.74, 6) is 0.392. The van der Waals surface area contributed by atoms with E-state index in [1.54, 1.807) is 0 Å². The molecule has 0 radical (unpaired) electrons. The maximum absolute atomic E-state index is 9.93. The summed E-state index contributed by atoms with van der Waals surface area (Å²) >= 11 is 0. The molecule has 0 saturated heterocycles. The lowest BCUT2D eigenvalue weighted by Gasteiger charge is -2.36. The van der Waals surface area contributed by atoms with Crippen LogP contribution in [0.2, 0.25) is 0 Å². The lowest BCUT2D eigenvalue weighted by atomic mass is 9.91. The highest BCUT2D eigenvalue weighted by molar-refractivity contribution is 4.80. The Hall–Kier alpha value is -0.120. The van der Waals surface area contributed by atoms with Crippen molar-refractivity contribution in [1.82, 2.24) is 0 Å². The largest absolute Gasteiger partial charge is 0.390 e. The maximum atomic E-state index is 9.93. The van der Waals surface area contributed by atoms with E-state index in [0.29, 0.717) is 19.1 Å².